The highest BCUT2D eigenvalue weighted by molar-refractivity contribution is 6.11. The first-order valence-electron chi connectivity index (χ1n) is 25.2. The van der Waals surface area contributed by atoms with Crippen molar-refractivity contribution in [3.05, 3.63) is 279 Å². The molecule has 0 aliphatic carbocycles. The van der Waals surface area contributed by atoms with Crippen molar-refractivity contribution in [1.82, 2.24) is 4.57 Å². The summed E-state index contributed by atoms with van der Waals surface area (Å²) in [6.45, 7) is 4.55. The second kappa shape index (κ2) is 19.4. The zero-order chi connectivity index (χ0) is 48.4. The van der Waals surface area contributed by atoms with Crippen LogP contribution in [0.4, 0.5) is 17.1 Å². The molecule has 0 radical (unpaired) electrons. The molecule has 0 saturated carbocycles. The molecular weight excluding hydrogens is 869 g/mol. The lowest BCUT2D eigenvalue weighted by Gasteiger charge is -2.26. The molecule has 1 heterocycles. The van der Waals surface area contributed by atoms with Gasteiger partial charge in [-0.3, -0.25) is 0 Å². The quantitative estimate of drug-likeness (QED) is 0.119. The first-order valence-corrected chi connectivity index (χ1v) is 25.2. The summed E-state index contributed by atoms with van der Waals surface area (Å²) in [6, 6.07) is 99.8. The van der Waals surface area contributed by atoms with Crippen LogP contribution in [0.5, 0.6) is 0 Å². The third-order valence-corrected chi connectivity index (χ3v) is 14.6. The maximum atomic E-state index is 2.42. The molecule has 1 unspecified atom stereocenters. The van der Waals surface area contributed by atoms with Gasteiger partial charge in [0.25, 0.3) is 0 Å². The molecule has 2 nitrogen and oxygen atoms in total. The highest BCUT2D eigenvalue weighted by Gasteiger charge is 2.18. The van der Waals surface area contributed by atoms with E-state index in [9.17, 15) is 0 Å². The van der Waals surface area contributed by atoms with Crippen molar-refractivity contribution in [2.45, 2.75) is 26.2 Å². The van der Waals surface area contributed by atoms with E-state index in [1.807, 2.05) is 0 Å². The average molecular weight is 923 g/mol. The molecule has 0 amide bonds. The van der Waals surface area contributed by atoms with Gasteiger partial charge in [0.1, 0.15) is 0 Å². The van der Waals surface area contributed by atoms with Gasteiger partial charge in [-0.2, -0.15) is 0 Å². The van der Waals surface area contributed by atoms with E-state index in [1.165, 1.54) is 88.6 Å². The van der Waals surface area contributed by atoms with E-state index < -0.39 is 0 Å². The monoisotopic (exact) mass is 922 g/mol. The molecule has 0 N–H and O–H groups in total. The van der Waals surface area contributed by atoms with Gasteiger partial charge in [-0.15, -0.1) is 0 Å². The number of hydrogen-bond donors (Lipinski definition) is 0. The first kappa shape index (κ1) is 44.2. The molecule has 12 aromatic rings. The molecule has 11 aromatic carbocycles. The normalized spacial score (nSPS) is 11.8. The number of anilines is 3. The van der Waals surface area contributed by atoms with Gasteiger partial charge in [0.05, 0.1) is 11.0 Å². The molecule has 0 saturated heterocycles. The SMILES string of the molecule is CCC(C)c1ccc(-c2ccc(-c3ccc4c(c3)c3cc(-c5ccc(N(c6ccc(-c7ccccc7)cc6)c6ccc(-c7ccccc7)cc6)cc5)ccc3n4-c3ccc(-c4ccccc4)cc3)cc2)cc1. The fraction of sp³-hybridized carbons (Fsp3) is 0.0571. The lowest BCUT2D eigenvalue weighted by molar-refractivity contribution is 0.734. The Morgan fingerprint density at radius 2 is 0.583 bits per heavy atom. The summed E-state index contributed by atoms with van der Waals surface area (Å²) >= 11 is 0. The van der Waals surface area contributed by atoms with Gasteiger partial charge in [-0.1, -0.05) is 214 Å². The smallest absolute Gasteiger partial charge is 0.0541 e. The van der Waals surface area contributed by atoms with Crippen LogP contribution in [0.2, 0.25) is 0 Å². The molecule has 0 bridgehead atoms. The van der Waals surface area contributed by atoms with Crippen molar-refractivity contribution in [2.24, 2.45) is 0 Å². The lowest BCUT2D eigenvalue weighted by Crippen LogP contribution is -2.09. The van der Waals surface area contributed by atoms with E-state index in [4.69, 9.17) is 0 Å². The van der Waals surface area contributed by atoms with Gasteiger partial charge in [0.15, 0.2) is 0 Å². The summed E-state index contributed by atoms with van der Waals surface area (Å²) in [7, 11) is 0. The Labute approximate surface area is 423 Å². The zero-order valence-corrected chi connectivity index (χ0v) is 40.7. The fourth-order valence-electron chi connectivity index (χ4n) is 10.3. The molecule has 72 heavy (non-hydrogen) atoms. The van der Waals surface area contributed by atoms with Crippen LogP contribution < -0.4 is 4.90 Å². The Hall–Kier alpha value is -8.98. The predicted octanol–water partition coefficient (Wildman–Crippen LogP) is 19.8. The van der Waals surface area contributed by atoms with Crippen molar-refractivity contribution >= 4 is 38.9 Å². The minimum absolute atomic E-state index is 0.563. The van der Waals surface area contributed by atoms with Crippen molar-refractivity contribution in [3.8, 4) is 72.4 Å². The van der Waals surface area contributed by atoms with Crippen LogP contribution in [0, 0.1) is 0 Å². The zero-order valence-electron chi connectivity index (χ0n) is 40.7. The highest BCUT2D eigenvalue weighted by Crippen LogP contribution is 2.41. The van der Waals surface area contributed by atoms with Gasteiger partial charge < -0.3 is 9.47 Å². The molecule has 344 valence electrons. The van der Waals surface area contributed by atoms with Gasteiger partial charge >= 0.3 is 0 Å². The topological polar surface area (TPSA) is 8.17 Å². The van der Waals surface area contributed by atoms with Crippen molar-refractivity contribution in [2.75, 3.05) is 4.90 Å². The predicted molar refractivity (Wildman–Crippen MR) is 307 cm³/mol. The van der Waals surface area contributed by atoms with E-state index in [0.29, 0.717) is 5.92 Å². The summed E-state index contributed by atoms with van der Waals surface area (Å²) < 4.78 is 2.42. The summed E-state index contributed by atoms with van der Waals surface area (Å²) in [5.74, 6) is 0.563. The Balaban J connectivity index is 0.920. The Kier molecular flexibility index (Phi) is 11.9. The minimum Gasteiger partial charge on any atom is -0.311 e. The van der Waals surface area contributed by atoms with Crippen LogP contribution in [0.1, 0.15) is 31.7 Å². The van der Waals surface area contributed by atoms with Crippen LogP contribution in [0.25, 0.3) is 94.3 Å². The third kappa shape index (κ3) is 8.69. The van der Waals surface area contributed by atoms with E-state index in [1.54, 1.807) is 0 Å². The fourth-order valence-corrected chi connectivity index (χ4v) is 10.3. The number of hydrogen-bond acceptors (Lipinski definition) is 1. The van der Waals surface area contributed by atoms with Gasteiger partial charge in [0, 0.05) is 33.5 Å². The van der Waals surface area contributed by atoms with Crippen LogP contribution >= 0.6 is 0 Å². The molecule has 1 atom stereocenters. The average Bonchev–Trinajstić information content (AvgIpc) is 3.79. The standard InChI is InChI=1S/C70H54N2/c1-3-49(2)50-19-21-54(22-20-50)55-23-25-59(26-24-55)61-35-45-69-67(47-61)68-48-62(36-46-70(68)72(69)66-43-31-58(32-44-66)53-17-11-6-12-18-53)60-33-41-65(42-34-60)71(63-37-27-56(28-38-63)51-13-7-4-8-14-51)64-39-29-57(30-40-64)52-15-9-5-10-16-52/h4-49H,3H2,1-2H3. The van der Waals surface area contributed by atoms with Crippen molar-refractivity contribution < 1.29 is 0 Å². The lowest BCUT2D eigenvalue weighted by atomic mass is 9.95. The van der Waals surface area contributed by atoms with Gasteiger partial charge in [-0.25, -0.2) is 0 Å². The summed E-state index contributed by atoms with van der Waals surface area (Å²) in [6.07, 6.45) is 1.14. The molecule has 0 aliphatic rings. The van der Waals surface area contributed by atoms with E-state index in [2.05, 4.69) is 296 Å². The summed E-state index contributed by atoms with van der Waals surface area (Å²) in [5, 5.41) is 2.44. The summed E-state index contributed by atoms with van der Waals surface area (Å²) in [5.41, 5.74) is 22.6. The summed E-state index contributed by atoms with van der Waals surface area (Å²) in [4.78, 5) is 2.35. The van der Waals surface area contributed by atoms with Gasteiger partial charge in [0.2, 0.25) is 0 Å². The van der Waals surface area contributed by atoms with Crippen molar-refractivity contribution in [1.29, 1.82) is 0 Å². The Morgan fingerprint density at radius 1 is 0.306 bits per heavy atom. The van der Waals surface area contributed by atoms with Crippen LogP contribution in [-0.4, -0.2) is 4.57 Å². The van der Waals surface area contributed by atoms with Crippen molar-refractivity contribution in [3.63, 3.8) is 0 Å². The molecule has 1 aromatic heterocycles. The van der Waals surface area contributed by atoms with E-state index in [-0.39, 0.29) is 0 Å². The van der Waals surface area contributed by atoms with Crippen LogP contribution in [-0.2, 0) is 0 Å². The molecular formula is C70H54N2. The van der Waals surface area contributed by atoms with Gasteiger partial charge in [-0.05, 0) is 157 Å². The maximum Gasteiger partial charge on any atom is 0.0541 e. The van der Waals surface area contributed by atoms with E-state index in [0.717, 1.165) is 34.7 Å². The number of aromatic nitrogens is 1. The number of rotatable bonds is 12. The van der Waals surface area contributed by atoms with E-state index >= 15 is 0 Å². The molecule has 0 spiro atoms. The second-order valence-corrected chi connectivity index (χ2v) is 18.9. The Bertz CT molecular complexity index is 3680. The number of benzene rings is 11. The number of nitrogens with zero attached hydrogens (tertiary/aromatic N) is 2. The molecule has 0 aliphatic heterocycles. The maximum absolute atomic E-state index is 2.42. The molecule has 0 fully saturated rings. The highest BCUT2D eigenvalue weighted by atomic mass is 15.1. The van der Waals surface area contributed by atoms with Crippen LogP contribution in [0.15, 0.2) is 273 Å². The molecule has 12 rings (SSSR count). The Morgan fingerprint density at radius 3 is 0.931 bits per heavy atom. The minimum atomic E-state index is 0.563. The second-order valence-electron chi connectivity index (χ2n) is 18.9. The number of fused-ring (bicyclic) bond motifs is 3. The molecule has 2 heteroatoms. The largest absolute Gasteiger partial charge is 0.311 e. The third-order valence-electron chi connectivity index (χ3n) is 14.6. The van der Waals surface area contributed by atoms with Crippen LogP contribution in [0.3, 0.4) is 0 Å². The first-order chi connectivity index (χ1) is 35.5.